The number of esters is 1. The van der Waals surface area contributed by atoms with Gasteiger partial charge >= 0.3 is 5.97 Å². The maximum Gasteiger partial charge on any atom is 0.338 e. The van der Waals surface area contributed by atoms with Crippen molar-refractivity contribution in [3.05, 3.63) is 58.6 Å². The first-order chi connectivity index (χ1) is 17.4. The molecule has 2 aromatic carbocycles. The number of nitrogens with zero attached hydrogens (tertiary/aromatic N) is 2. The Morgan fingerprint density at radius 1 is 1.06 bits per heavy atom. The van der Waals surface area contributed by atoms with Crippen LogP contribution >= 0.6 is 27.7 Å². The van der Waals surface area contributed by atoms with Gasteiger partial charge in [0, 0.05) is 23.1 Å². The van der Waals surface area contributed by atoms with Crippen molar-refractivity contribution in [1.82, 2.24) is 4.90 Å². The van der Waals surface area contributed by atoms with E-state index in [1.54, 1.807) is 48.2 Å². The molecule has 1 unspecified atom stereocenters. The van der Waals surface area contributed by atoms with Crippen LogP contribution in [0.15, 0.2) is 58.0 Å². The molecule has 3 rings (SSSR count). The maximum absolute atomic E-state index is 13.1. The fourth-order valence-corrected chi connectivity index (χ4v) is 5.08. The summed E-state index contributed by atoms with van der Waals surface area (Å²) < 4.78 is 5.96. The van der Waals surface area contributed by atoms with Crippen molar-refractivity contribution in [2.75, 3.05) is 18.5 Å². The van der Waals surface area contributed by atoms with Gasteiger partial charge in [0.15, 0.2) is 5.17 Å². The van der Waals surface area contributed by atoms with Gasteiger partial charge in [0.05, 0.1) is 17.9 Å². The Labute approximate surface area is 225 Å². The van der Waals surface area contributed by atoms with Gasteiger partial charge in [0.1, 0.15) is 5.25 Å². The quantitative estimate of drug-likeness (QED) is 0.243. The minimum absolute atomic E-state index is 0.109. The second-order valence-corrected chi connectivity index (χ2v) is 10.5. The molecule has 7 nitrogen and oxygen atoms in total. The molecule has 36 heavy (non-hydrogen) atoms. The number of carbonyl (C=O) groups excluding carboxylic acids is 3. The lowest BCUT2D eigenvalue weighted by Gasteiger charge is -2.32. The molecule has 0 aliphatic carbocycles. The second-order valence-electron chi connectivity index (χ2n) is 8.43. The number of unbranched alkanes of at least 4 members (excludes halogenated alkanes) is 4. The van der Waals surface area contributed by atoms with E-state index >= 15 is 0 Å². The minimum atomic E-state index is -0.588. The van der Waals surface area contributed by atoms with E-state index in [1.165, 1.54) is 18.2 Å². The Morgan fingerprint density at radius 3 is 2.42 bits per heavy atom. The number of benzene rings is 2. The molecule has 1 fully saturated rings. The molecular formula is C27H32BrN3O4S. The molecule has 1 saturated heterocycles. The molecule has 192 valence electrons. The highest BCUT2D eigenvalue weighted by molar-refractivity contribution is 9.10. The lowest BCUT2D eigenvalue weighted by atomic mass is 10.1. The van der Waals surface area contributed by atoms with Crippen molar-refractivity contribution in [3.63, 3.8) is 0 Å². The summed E-state index contributed by atoms with van der Waals surface area (Å²) in [6.07, 6.45) is 5.49. The van der Waals surface area contributed by atoms with Crippen LogP contribution in [0.4, 0.5) is 11.4 Å². The topological polar surface area (TPSA) is 88.1 Å². The molecule has 1 aliphatic heterocycles. The number of amidine groups is 1. The average Bonchev–Trinajstić information content (AvgIpc) is 2.87. The van der Waals surface area contributed by atoms with E-state index in [9.17, 15) is 14.4 Å². The summed E-state index contributed by atoms with van der Waals surface area (Å²) in [4.78, 5) is 44.5. The maximum atomic E-state index is 13.1. The van der Waals surface area contributed by atoms with Crippen molar-refractivity contribution in [3.8, 4) is 0 Å². The van der Waals surface area contributed by atoms with E-state index in [0.717, 1.165) is 30.2 Å². The van der Waals surface area contributed by atoms with Crippen LogP contribution < -0.4 is 5.32 Å². The van der Waals surface area contributed by atoms with Gasteiger partial charge in [-0.1, -0.05) is 60.3 Å². The number of aliphatic imine (C=N–C) groups is 1. The van der Waals surface area contributed by atoms with Gasteiger partial charge in [-0.3, -0.25) is 14.5 Å². The predicted octanol–water partition coefficient (Wildman–Crippen LogP) is 6.56. The highest BCUT2D eigenvalue weighted by atomic mass is 79.9. The summed E-state index contributed by atoms with van der Waals surface area (Å²) in [5.41, 5.74) is 1.71. The molecular weight excluding hydrogens is 542 g/mol. The molecule has 0 spiro atoms. The number of ether oxygens (including phenoxy) is 1. The Kier molecular flexibility index (Phi) is 11.0. The standard InChI is InChI=1S/C27H32BrN3O4S/c1-3-5-6-7-8-17-31-24(32)18-23(25(33)29-21-15-11-20(28)12-16-21)36-27(31)30-22-13-9-19(10-14-22)26(34)35-4-2/h9-16,23H,3-8,17-18H2,1-2H3,(H,29,33). The van der Waals surface area contributed by atoms with E-state index in [4.69, 9.17) is 9.73 Å². The lowest BCUT2D eigenvalue weighted by Crippen LogP contribution is -2.45. The van der Waals surface area contributed by atoms with Gasteiger partial charge < -0.3 is 10.1 Å². The number of carbonyl (C=O) groups is 3. The smallest absolute Gasteiger partial charge is 0.338 e. The summed E-state index contributed by atoms with van der Waals surface area (Å²) in [7, 11) is 0. The highest BCUT2D eigenvalue weighted by Crippen LogP contribution is 2.30. The van der Waals surface area contributed by atoms with Gasteiger partial charge in [0.25, 0.3) is 0 Å². The minimum Gasteiger partial charge on any atom is -0.462 e. The zero-order valence-electron chi connectivity index (χ0n) is 20.7. The summed E-state index contributed by atoms with van der Waals surface area (Å²) >= 11 is 4.69. The predicted molar refractivity (Wildman–Crippen MR) is 149 cm³/mol. The van der Waals surface area contributed by atoms with E-state index in [1.807, 2.05) is 12.1 Å². The van der Waals surface area contributed by atoms with Crippen LogP contribution in [0.5, 0.6) is 0 Å². The lowest BCUT2D eigenvalue weighted by molar-refractivity contribution is -0.129. The van der Waals surface area contributed by atoms with Gasteiger partial charge in [-0.25, -0.2) is 9.79 Å². The summed E-state index contributed by atoms with van der Waals surface area (Å²) in [5, 5.41) is 2.81. The third kappa shape index (κ3) is 8.20. The van der Waals surface area contributed by atoms with Crippen molar-refractivity contribution >= 4 is 62.0 Å². The molecule has 0 radical (unpaired) electrons. The van der Waals surface area contributed by atoms with E-state index in [2.05, 4.69) is 28.2 Å². The molecule has 1 N–H and O–H groups in total. The Hall–Kier alpha value is -2.65. The van der Waals surface area contributed by atoms with Gasteiger partial charge in [0.2, 0.25) is 11.8 Å². The third-order valence-corrected chi connectivity index (χ3v) is 7.35. The van der Waals surface area contributed by atoms with E-state index in [-0.39, 0.29) is 18.2 Å². The molecule has 9 heteroatoms. The number of thioether (sulfide) groups is 1. The molecule has 1 atom stereocenters. The SMILES string of the molecule is CCCCCCCN1C(=O)CC(C(=O)Nc2ccc(Br)cc2)SC1=Nc1ccc(C(=O)OCC)cc1. The van der Waals surface area contributed by atoms with Crippen LogP contribution in [0.1, 0.15) is 62.7 Å². The second kappa shape index (κ2) is 14.2. The summed E-state index contributed by atoms with van der Waals surface area (Å²) in [5.74, 6) is -0.733. The van der Waals surface area contributed by atoms with Crippen LogP contribution in [-0.2, 0) is 14.3 Å². The number of rotatable bonds is 11. The summed E-state index contributed by atoms with van der Waals surface area (Å²) in [6, 6.07) is 14.0. The molecule has 1 aliphatic rings. The molecule has 0 saturated carbocycles. The molecule has 2 amide bonds. The number of hydrogen-bond donors (Lipinski definition) is 1. The normalized spacial score (nSPS) is 16.8. The van der Waals surface area contributed by atoms with Gasteiger partial charge in [-0.2, -0.15) is 0 Å². The van der Waals surface area contributed by atoms with Crippen molar-refractivity contribution in [2.45, 2.75) is 57.6 Å². The Morgan fingerprint density at radius 2 is 1.75 bits per heavy atom. The van der Waals surface area contributed by atoms with Crippen molar-refractivity contribution in [2.24, 2.45) is 4.99 Å². The monoisotopic (exact) mass is 573 g/mol. The van der Waals surface area contributed by atoms with Crippen LogP contribution in [0.25, 0.3) is 0 Å². The highest BCUT2D eigenvalue weighted by Gasteiger charge is 2.35. The number of halogens is 1. The fourth-order valence-electron chi connectivity index (χ4n) is 3.69. The zero-order valence-corrected chi connectivity index (χ0v) is 23.1. The van der Waals surface area contributed by atoms with Crippen molar-refractivity contribution in [1.29, 1.82) is 0 Å². The van der Waals surface area contributed by atoms with Crippen molar-refractivity contribution < 1.29 is 19.1 Å². The Balaban J connectivity index is 1.77. The third-order valence-electron chi connectivity index (χ3n) is 5.63. The largest absolute Gasteiger partial charge is 0.462 e. The number of hydrogen-bond acceptors (Lipinski definition) is 6. The van der Waals surface area contributed by atoms with E-state index in [0.29, 0.717) is 35.3 Å². The average molecular weight is 575 g/mol. The van der Waals surface area contributed by atoms with Gasteiger partial charge in [-0.05, 0) is 61.9 Å². The number of amides is 2. The van der Waals surface area contributed by atoms with Crippen LogP contribution in [0.2, 0.25) is 0 Å². The van der Waals surface area contributed by atoms with Crippen LogP contribution in [-0.4, -0.2) is 46.3 Å². The van der Waals surface area contributed by atoms with Gasteiger partial charge in [-0.15, -0.1) is 0 Å². The Bertz CT molecular complexity index is 1070. The number of nitrogens with one attached hydrogen (secondary N) is 1. The first-order valence-corrected chi connectivity index (χ1v) is 14.0. The van der Waals surface area contributed by atoms with Crippen LogP contribution in [0.3, 0.4) is 0 Å². The molecule has 0 aromatic heterocycles. The molecule has 0 bridgehead atoms. The zero-order chi connectivity index (χ0) is 25.9. The van der Waals surface area contributed by atoms with Crippen LogP contribution in [0, 0.1) is 0 Å². The summed E-state index contributed by atoms with van der Waals surface area (Å²) in [6.45, 7) is 4.80. The molecule has 2 aromatic rings. The fraction of sp³-hybridized carbons (Fsp3) is 0.407. The first-order valence-electron chi connectivity index (χ1n) is 12.3. The van der Waals surface area contributed by atoms with E-state index < -0.39 is 11.2 Å². The first kappa shape index (κ1) is 27.9. The number of anilines is 1. The molecule has 1 heterocycles.